The van der Waals surface area contributed by atoms with Gasteiger partial charge in [-0.2, -0.15) is 5.10 Å². The summed E-state index contributed by atoms with van der Waals surface area (Å²) in [6.45, 7) is 0.367. The summed E-state index contributed by atoms with van der Waals surface area (Å²) >= 11 is 0. The molecular formula is C21H17F4N5O. The fourth-order valence-electron chi connectivity index (χ4n) is 3.80. The lowest BCUT2D eigenvalue weighted by Gasteiger charge is -2.28. The van der Waals surface area contributed by atoms with Gasteiger partial charge in [0.2, 0.25) is 0 Å². The molecule has 1 aromatic heterocycles. The molecule has 0 fully saturated rings. The SMILES string of the molecule is Cn1nc2c(c1-c1cc(F)c(F)c(F)c1)CCN(C(=O)C1=CC=CN/C1=C(/F)C=N)C2. The van der Waals surface area contributed by atoms with E-state index in [4.69, 9.17) is 5.41 Å². The number of nitrogens with zero attached hydrogens (tertiary/aromatic N) is 3. The van der Waals surface area contributed by atoms with E-state index < -0.39 is 29.2 Å². The number of fused-ring (bicyclic) bond motifs is 1. The summed E-state index contributed by atoms with van der Waals surface area (Å²) in [5, 5.41) is 14.1. The van der Waals surface area contributed by atoms with Crippen molar-refractivity contribution in [2.45, 2.75) is 13.0 Å². The molecular weight excluding hydrogens is 414 g/mol. The summed E-state index contributed by atoms with van der Waals surface area (Å²) < 4.78 is 56.3. The molecule has 31 heavy (non-hydrogen) atoms. The summed E-state index contributed by atoms with van der Waals surface area (Å²) in [6, 6.07) is 1.82. The van der Waals surface area contributed by atoms with Crippen LogP contribution >= 0.6 is 0 Å². The molecule has 10 heteroatoms. The van der Waals surface area contributed by atoms with Gasteiger partial charge < -0.3 is 15.6 Å². The van der Waals surface area contributed by atoms with Gasteiger partial charge in [0.05, 0.1) is 35.4 Å². The number of carbonyl (C=O) groups excluding carboxylic acids is 1. The maximum absolute atomic E-state index is 14.0. The van der Waals surface area contributed by atoms with Crippen LogP contribution in [0.3, 0.4) is 0 Å². The minimum absolute atomic E-state index is 0.0748. The first-order chi connectivity index (χ1) is 14.8. The summed E-state index contributed by atoms with van der Waals surface area (Å²) in [5.41, 5.74) is 1.80. The molecule has 0 saturated heterocycles. The second-order valence-corrected chi connectivity index (χ2v) is 7.08. The Labute approximate surface area is 174 Å². The number of dihydropyridines is 1. The lowest BCUT2D eigenvalue weighted by Crippen LogP contribution is -2.38. The highest BCUT2D eigenvalue weighted by molar-refractivity contribution is 6.00. The van der Waals surface area contributed by atoms with Crippen LogP contribution in [0.1, 0.15) is 11.3 Å². The zero-order valence-corrected chi connectivity index (χ0v) is 16.3. The van der Waals surface area contributed by atoms with Crippen LogP contribution in [0.4, 0.5) is 17.6 Å². The molecule has 0 atom stereocenters. The van der Waals surface area contributed by atoms with Gasteiger partial charge in [0.1, 0.15) is 0 Å². The van der Waals surface area contributed by atoms with Crippen molar-refractivity contribution in [3.05, 3.63) is 76.3 Å². The molecule has 2 aliphatic heterocycles. The normalized spacial score (nSPS) is 17.1. The predicted octanol–water partition coefficient (Wildman–Crippen LogP) is 3.26. The largest absolute Gasteiger partial charge is 0.359 e. The lowest BCUT2D eigenvalue weighted by molar-refractivity contribution is -0.127. The maximum Gasteiger partial charge on any atom is 0.256 e. The third kappa shape index (κ3) is 3.54. The van der Waals surface area contributed by atoms with Crippen LogP contribution in [0, 0.1) is 22.9 Å². The Morgan fingerprint density at radius 2 is 1.97 bits per heavy atom. The summed E-state index contributed by atoms with van der Waals surface area (Å²) in [4.78, 5) is 14.5. The molecule has 0 bridgehead atoms. The first-order valence-corrected chi connectivity index (χ1v) is 9.34. The zero-order valence-electron chi connectivity index (χ0n) is 16.3. The Morgan fingerprint density at radius 3 is 2.65 bits per heavy atom. The number of hydrogen-bond donors (Lipinski definition) is 2. The molecule has 0 aliphatic carbocycles. The number of rotatable bonds is 3. The van der Waals surface area contributed by atoms with Gasteiger partial charge in [0.25, 0.3) is 5.91 Å². The van der Waals surface area contributed by atoms with Crippen molar-refractivity contribution in [2.24, 2.45) is 7.05 Å². The highest BCUT2D eigenvalue weighted by atomic mass is 19.2. The number of aryl methyl sites for hydroxylation is 1. The summed E-state index contributed by atoms with van der Waals surface area (Å²) in [7, 11) is 1.59. The third-order valence-corrected chi connectivity index (χ3v) is 5.20. The number of benzene rings is 1. The van der Waals surface area contributed by atoms with Crippen molar-refractivity contribution in [3.63, 3.8) is 0 Å². The van der Waals surface area contributed by atoms with Gasteiger partial charge in [-0.05, 0) is 30.7 Å². The topological polar surface area (TPSA) is 74.0 Å². The monoisotopic (exact) mass is 431 g/mol. The number of carbonyl (C=O) groups is 1. The third-order valence-electron chi connectivity index (χ3n) is 5.20. The fourth-order valence-corrected chi connectivity index (χ4v) is 3.80. The Kier molecular flexibility index (Phi) is 5.22. The van der Waals surface area contributed by atoms with Gasteiger partial charge in [-0.25, -0.2) is 17.6 Å². The highest BCUT2D eigenvalue weighted by Crippen LogP contribution is 2.32. The van der Waals surface area contributed by atoms with E-state index in [2.05, 4.69) is 10.4 Å². The first-order valence-electron chi connectivity index (χ1n) is 9.34. The number of amides is 1. The van der Waals surface area contributed by atoms with Crippen molar-refractivity contribution in [3.8, 4) is 11.3 Å². The molecule has 2 N–H and O–H groups in total. The van der Waals surface area contributed by atoms with E-state index in [0.29, 0.717) is 29.6 Å². The van der Waals surface area contributed by atoms with Crippen LogP contribution in [0.25, 0.3) is 11.3 Å². The highest BCUT2D eigenvalue weighted by Gasteiger charge is 2.31. The number of halogens is 4. The van der Waals surface area contributed by atoms with Crippen molar-refractivity contribution in [1.82, 2.24) is 20.0 Å². The number of nitrogens with one attached hydrogen (secondary N) is 2. The minimum Gasteiger partial charge on any atom is -0.359 e. The Hall–Kier alpha value is -3.69. The lowest BCUT2D eigenvalue weighted by atomic mass is 9.98. The van der Waals surface area contributed by atoms with E-state index in [9.17, 15) is 22.4 Å². The Bertz CT molecular complexity index is 1170. The molecule has 0 saturated carbocycles. The second kappa shape index (κ2) is 7.86. The van der Waals surface area contributed by atoms with Gasteiger partial charge in [-0.1, -0.05) is 0 Å². The molecule has 0 spiro atoms. The van der Waals surface area contributed by atoms with Crippen LogP contribution in [0.2, 0.25) is 0 Å². The van der Waals surface area contributed by atoms with Crippen LogP contribution < -0.4 is 5.32 Å². The van der Waals surface area contributed by atoms with Crippen LogP contribution in [0.5, 0.6) is 0 Å². The molecule has 1 amide bonds. The summed E-state index contributed by atoms with van der Waals surface area (Å²) in [5.74, 6) is -5.45. The molecule has 0 unspecified atom stereocenters. The smallest absolute Gasteiger partial charge is 0.256 e. The second-order valence-electron chi connectivity index (χ2n) is 7.08. The van der Waals surface area contributed by atoms with Crippen LogP contribution in [-0.4, -0.2) is 33.3 Å². The van der Waals surface area contributed by atoms with Crippen LogP contribution in [-0.2, 0) is 24.8 Å². The minimum atomic E-state index is -1.54. The van der Waals surface area contributed by atoms with Gasteiger partial charge in [0.15, 0.2) is 23.3 Å². The standard InChI is InChI=1S/C21H17F4N5O/c1-29-20(11-7-14(22)18(25)15(23)8-11)12-4-6-30(10-17(12)28-29)21(31)13-3-2-5-27-19(13)16(24)9-26/h2-3,5,7-9,26-27H,4,6,10H2,1H3/b19-16+,26-9?. The molecule has 160 valence electrons. The van der Waals surface area contributed by atoms with Gasteiger partial charge in [0, 0.05) is 30.9 Å². The quantitative estimate of drug-likeness (QED) is 0.445. The molecule has 3 heterocycles. The van der Waals surface area contributed by atoms with Crippen molar-refractivity contribution < 1.29 is 22.4 Å². The van der Waals surface area contributed by atoms with E-state index in [0.717, 1.165) is 12.1 Å². The van der Waals surface area contributed by atoms with E-state index in [1.54, 1.807) is 13.1 Å². The summed E-state index contributed by atoms with van der Waals surface area (Å²) in [6.07, 6.45) is 5.33. The zero-order chi connectivity index (χ0) is 22.3. The van der Waals surface area contributed by atoms with E-state index in [1.165, 1.54) is 21.9 Å². The molecule has 6 nitrogen and oxygen atoms in total. The van der Waals surface area contributed by atoms with E-state index in [1.807, 2.05) is 0 Å². The van der Waals surface area contributed by atoms with E-state index >= 15 is 0 Å². The fraction of sp³-hybridized carbons (Fsp3) is 0.190. The van der Waals surface area contributed by atoms with Gasteiger partial charge in [-0.3, -0.25) is 9.48 Å². The van der Waals surface area contributed by atoms with E-state index in [-0.39, 0.29) is 29.9 Å². The molecule has 1 aromatic carbocycles. The van der Waals surface area contributed by atoms with Crippen molar-refractivity contribution >= 4 is 12.1 Å². The maximum atomic E-state index is 14.0. The van der Waals surface area contributed by atoms with Crippen molar-refractivity contribution in [1.29, 1.82) is 5.41 Å². The average molecular weight is 431 g/mol. The number of hydrogen-bond acceptors (Lipinski definition) is 4. The Balaban J connectivity index is 1.66. The molecule has 4 rings (SSSR count). The Morgan fingerprint density at radius 1 is 1.26 bits per heavy atom. The first kappa shape index (κ1) is 20.6. The average Bonchev–Trinajstić information content (AvgIpc) is 3.10. The molecule has 0 radical (unpaired) electrons. The number of aromatic nitrogens is 2. The van der Waals surface area contributed by atoms with Gasteiger partial charge >= 0.3 is 0 Å². The molecule has 2 aromatic rings. The van der Waals surface area contributed by atoms with Gasteiger partial charge in [-0.15, -0.1) is 0 Å². The van der Waals surface area contributed by atoms with Crippen LogP contribution in [0.15, 0.2) is 47.6 Å². The molecule has 2 aliphatic rings. The predicted molar refractivity (Wildman–Crippen MR) is 105 cm³/mol. The number of allylic oxidation sites excluding steroid dienone is 3. The van der Waals surface area contributed by atoms with Crippen molar-refractivity contribution in [2.75, 3.05) is 6.54 Å².